The second kappa shape index (κ2) is 6.16. The average Bonchev–Trinajstić information content (AvgIpc) is 2.96. The van der Waals surface area contributed by atoms with E-state index in [4.69, 9.17) is 15.2 Å². The first-order valence-electron chi connectivity index (χ1n) is 6.76. The monoisotopic (exact) mass is 299 g/mol. The maximum atomic E-state index is 5.87. The van der Waals surface area contributed by atoms with Crippen molar-refractivity contribution >= 4 is 21.4 Å². The first kappa shape index (κ1) is 13.9. The minimum Gasteiger partial charge on any atom is -0.497 e. The van der Waals surface area contributed by atoms with Gasteiger partial charge >= 0.3 is 0 Å². The van der Waals surface area contributed by atoms with Crippen LogP contribution in [0.25, 0.3) is 10.1 Å². The topological polar surface area (TPSA) is 44.5 Å². The highest BCUT2D eigenvalue weighted by atomic mass is 32.1. The fraction of sp³-hybridized carbons (Fsp3) is 0.176. The van der Waals surface area contributed by atoms with E-state index in [1.165, 1.54) is 21.2 Å². The van der Waals surface area contributed by atoms with Gasteiger partial charge in [-0.15, -0.1) is 11.3 Å². The molecule has 1 aromatic heterocycles. The van der Waals surface area contributed by atoms with Crippen LogP contribution in [0.5, 0.6) is 11.5 Å². The Kier molecular flexibility index (Phi) is 4.08. The molecule has 0 spiro atoms. The molecule has 0 atom stereocenters. The lowest BCUT2D eigenvalue weighted by Crippen LogP contribution is -1.99. The minimum atomic E-state index is 0.545. The van der Waals surface area contributed by atoms with E-state index in [2.05, 4.69) is 23.6 Å². The fourth-order valence-electron chi connectivity index (χ4n) is 2.34. The molecular formula is C17H17NO2S. The third-order valence-corrected chi connectivity index (χ3v) is 4.43. The zero-order valence-electron chi connectivity index (χ0n) is 11.8. The number of hydrogen-bond donors (Lipinski definition) is 1. The number of thiophene rings is 1. The van der Waals surface area contributed by atoms with Crippen LogP contribution < -0.4 is 15.2 Å². The molecule has 3 aromatic rings. The van der Waals surface area contributed by atoms with Crippen molar-refractivity contribution in [2.24, 2.45) is 5.73 Å². The van der Waals surface area contributed by atoms with Gasteiger partial charge in [0, 0.05) is 22.2 Å². The smallest absolute Gasteiger partial charge is 0.120 e. The van der Waals surface area contributed by atoms with E-state index in [0.717, 1.165) is 11.5 Å². The van der Waals surface area contributed by atoms with E-state index < -0.39 is 0 Å². The van der Waals surface area contributed by atoms with Crippen molar-refractivity contribution in [3.8, 4) is 11.5 Å². The minimum absolute atomic E-state index is 0.545. The molecule has 0 saturated carbocycles. The van der Waals surface area contributed by atoms with Gasteiger partial charge in [-0.3, -0.25) is 0 Å². The third kappa shape index (κ3) is 2.86. The van der Waals surface area contributed by atoms with E-state index in [9.17, 15) is 0 Å². The van der Waals surface area contributed by atoms with Gasteiger partial charge in [-0.05, 0) is 41.3 Å². The Hall–Kier alpha value is -2.04. The molecule has 3 nitrogen and oxygen atoms in total. The van der Waals surface area contributed by atoms with Gasteiger partial charge in [-0.1, -0.05) is 12.1 Å². The van der Waals surface area contributed by atoms with E-state index in [1.54, 1.807) is 18.4 Å². The highest BCUT2D eigenvalue weighted by Gasteiger charge is 2.08. The number of fused-ring (bicyclic) bond motifs is 1. The predicted molar refractivity (Wildman–Crippen MR) is 87.0 cm³/mol. The molecule has 1 heterocycles. The Morgan fingerprint density at radius 2 is 1.76 bits per heavy atom. The van der Waals surface area contributed by atoms with Gasteiger partial charge in [0.15, 0.2) is 0 Å². The highest BCUT2D eigenvalue weighted by Crippen LogP contribution is 2.30. The van der Waals surface area contributed by atoms with Crippen molar-refractivity contribution < 1.29 is 9.47 Å². The maximum Gasteiger partial charge on any atom is 0.120 e. The molecule has 0 aliphatic heterocycles. The summed E-state index contributed by atoms with van der Waals surface area (Å²) in [6.45, 7) is 1.09. The third-order valence-electron chi connectivity index (χ3n) is 3.44. The van der Waals surface area contributed by atoms with E-state index in [1.807, 2.05) is 24.3 Å². The van der Waals surface area contributed by atoms with Gasteiger partial charge in [0.2, 0.25) is 0 Å². The molecule has 0 saturated heterocycles. The molecule has 3 rings (SSSR count). The van der Waals surface area contributed by atoms with Crippen molar-refractivity contribution in [3.63, 3.8) is 0 Å². The quantitative estimate of drug-likeness (QED) is 0.776. The van der Waals surface area contributed by atoms with Crippen LogP contribution in [-0.4, -0.2) is 7.11 Å². The summed E-state index contributed by atoms with van der Waals surface area (Å²) in [4.78, 5) is 0. The number of methoxy groups -OCH3 is 1. The van der Waals surface area contributed by atoms with Crippen LogP contribution >= 0.6 is 11.3 Å². The summed E-state index contributed by atoms with van der Waals surface area (Å²) in [6.07, 6.45) is 0. The van der Waals surface area contributed by atoms with Crippen molar-refractivity contribution in [1.82, 2.24) is 0 Å². The van der Waals surface area contributed by atoms with Crippen LogP contribution in [0.3, 0.4) is 0 Å². The number of benzene rings is 2. The van der Waals surface area contributed by atoms with Gasteiger partial charge in [-0.2, -0.15) is 0 Å². The highest BCUT2D eigenvalue weighted by molar-refractivity contribution is 7.17. The molecule has 0 unspecified atom stereocenters. The van der Waals surface area contributed by atoms with Gasteiger partial charge in [0.25, 0.3) is 0 Å². The first-order chi connectivity index (χ1) is 10.3. The number of nitrogens with two attached hydrogens (primary N) is 1. The molecule has 0 aliphatic rings. The zero-order valence-corrected chi connectivity index (χ0v) is 12.7. The molecule has 108 valence electrons. The van der Waals surface area contributed by atoms with Crippen LogP contribution in [0.2, 0.25) is 0 Å². The molecule has 21 heavy (non-hydrogen) atoms. The molecule has 4 heteroatoms. The first-order valence-corrected chi connectivity index (χ1v) is 7.64. The molecule has 2 aromatic carbocycles. The van der Waals surface area contributed by atoms with Gasteiger partial charge in [0.05, 0.1) is 7.11 Å². The van der Waals surface area contributed by atoms with Crippen LogP contribution in [0.1, 0.15) is 11.1 Å². The maximum absolute atomic E-state index is 5.87. The fourth-order valence-corrected chi connectivity index (χ4v) is 3.33. The molecule has 2 N–H and O–H groups in total. The van der Waals surface area contributed by atoms with Crippen LogP contribution in [0.15, 0.2) is 47.8 Å². The van der Waals surface area contributed by atoms with Gasteiger partial charge in [0.1, 0.15) is 18.1 Å². The van der Waals surface area contributed by atoms with Crippen LogP contribution in [-0.2, 0) is 13.2 Å². The molecule has 0 amide bonds. The Bertz CT molecular complexity index is 734. The van der Waals surface area contributed by atoms with Crippen molar-refractivity contribution in [1.29, 1.82) is 0 Å². The van der Waals surface area contributed by atoms with Crippen molar-refractivity contribution in [2.75, 3.05) is 7.11 Å². The summed E-state index contributed by atoms with van der Waals surface area (Å²) in [5.74, 6) is 1.66. The van der Waals surface area contributed by atoms with Gasteiger partial charge < -0.3 is 15.2 Å². The number of rotatable bonds is 5. The Labute approximate surface area is 127 Å². The summed E-state index contributed by atoms with van der Waals surface area (Å²) in [5, 5.41) is 3.38. The Balaban J connectivity index is 1.81. The van der Waals surface area contributed by atoms with E-state index in [0.29, 0.717) is 13.2 Å². The van der Waals surface area contributed by atoms with Crippen molar-refractivity contribution in [2.45, 2.75) is 13.2 Å². The normalized spacial score (nSPS) is 10.8. The summed E-state index contributed by atoms with van der Waals surface area (Å²) >= 11 is 1.73. The molecule has 0 fully saturated rings. The van der Waals surface area contributed by atoms with Crippen LogP contribution in [0, 0.1) is 0 Å². The van der Waals surface area contributed by atoms with E-state index >= 15 is 0 Å². The SMILES string of the molecule is COc1ccc(OCc2csc3cccc(CN)c23)cc1. The standard InChI is InChI=1S/C17H17NO2S/c1-19-14-5-7-15(8-6-14)20-10-13-11-21-16-4-2-3-12(9-18)17(13)16/h2-8,11H,9-10,18H2,1H3. The summed E-state index contributed by atoms with van der Waals surface area (Å²) in [6, 6.07) is 13.9. The molecular weight excluding hydrogens is 282 g/mol. The summed E-state index contributed by atoms with van der Waals surface area (Å²) in [5.41, 5.74) is 8.19. The lowest BCUT2D eigenvalue weighted by atomic mass is 10.1. The Morgan fingerprint density at radius 3 is 2.48 bits per heavy atom. The van der Waals surface area contributed by atoms with Gasteiger partial charge in [-0.25, -0.2) is 0 Å². The number of hydrogen-bond acceptors (Lipinski definition) is 4. The average molecular weight is 299 g/mol. The number of ether oxygens (including phenoxy) is 2. The predicted octanol–water partition coefficient (Wildman–Crippen LogP) is 3.95. The zero-order chi connectivity index (χ0) is 14.7. The second-order valence-corrected chi connectivity index (χ2v) is 5.63. The lowest BCUT2D eigenvalue weighted by molar-refractivity contribution is 0.307. The summed E-state index contributed by atoms with van der Waals surface area (Å²) < 4.78 is 12.3. The lowest BCUT2D eigenvalue weighted by Gasteiger charge is -2.08. The largest absolute Gasteiger partial charge is 0.497 e. The molecule has 0 radical (unpaired) electrons. The summed E-state index contributed by atoms with van der Waals surface area (Å²) in [7, 11) is 1.65. The molecule has 0 bridgehead atoms. The Morgan fingerprint density at radius 1 is 1.00 bits per heavy atom. The second-order valence-electron chi connectivity index (χ2n) is 4.72. The van der Waals surface area contributed by atoms with Crippen LogP contribution in [0.4, 0.5) is 0 Å². The van der Waals surface area contributed by atoms with E-state index in [-0.39, 0.29) is 0 Å². The van der Waals surface area contributed by atoms with Crippen molar-refractivity contribution in [3.05, 3.63) is 59.0 Å². The molecule has 0 aliphatic carbocycles.